The van der Waals surface area contributed by atoms with Crippen LogP contribution in [0, 0.1) is 11.8 Å². The highest BCUT2D eigenvalue weighted by Gasteiger charge is 2.38. The number of halogens is 1. The van der Waals surface area contributed by atoms with Gasteiger partial charge in [-0.2, -0.15) is 0 Å². The fraction of sp³-hybridized carbons (Fsp3) is 0.909. The molecule has 0 aromatic carbocycles. The number of rotatable bonds is 2. The summed E-state index contributed by atoms with van der Waals surface area (Å²) in [5, 5.41) is 0. The van der Waals surface area contributed by atoms with E-state index < -0.39 is 0 Å². The van der Waals surface area contributed by atoms with Crippen molar-refractivity contribution in [2.24, 2.45) is 11.8 Å². The zero-order valence-corrected chi connectivity index (χ0v) is 10.3. The Kier molecular flexibility index (Phi) is 3.15. The van der Waals surface area contributed by atoms with Crippen LogP contribution in [-0.2, 0) is 4.79 Å². The molecule has 1 saturated heterocycles. The largest absolute Gasteiger partial charge is 0.341 e. The van der Waals surface area contributed by atoms with Gasteiger partial charge in [0.05, 0.1) is 4.83 Å². The maximum atomic E-state index is 11.9. The van der Waals surface area contributed by atoms with Gasteiger partial charge in [-0.25, -0.2) is 0 Å². The molecular weight excluding hydrogens is 242 g/mol. The number of carbonyl (C=O) groups excluding carboxylic acids is 1. The van der Waals surface area contributed by atoms with Crippen LogP contribution in [0.25, 0.3) is 0 Å². The first kappa shape index (κ1) is 10.5. The van der Waals surface area contributed by atoms with Crippen LogP contribution in [0.3, 0.4) is 0 Å². The number of carbonyl (C=O) groups is 1. The third-order valence-corrected chi connectivity index (χ3v) is 4.70. The Hall–Kier alpha value is -0.0500. The monoisotopic (exact) mass is 259 g/mol. The normalized spacial score (nSPS) is 33.1. The number of amides is 1. The standard InChI is InChI=1S/C11H18BrNO/c1-2-10(12)11(14)13-6-8-4-3-5-9(8)7-13/h8-10H,2-7H2,1H3. The predicted octanol–water partition coefficient (Wildman–Crippen LogP) is 2.42. The molecule has 0 bridgehead atoms. The van der Waals surface area contributed by atoms with E-state index >= 15 is 0 Å². The van der Waals surface area contributed by atoms with Crippen molar-refractivity contribution in [1.29, 1.82) is 0 Å². The number of nitrogens with zero attached hydrogens (tertiary/aromatic N) is 1. The number of hydrogen-bond acceptors (Lipinski definition) is 1. The molecule has 1 amide bonds. The minimum atomic E-state index is 0.0429. The van der Waals surface area contributed by atoms with Crippen LogP contribution in [0.15, 0.2) is 0 Å². The van der Waals surface area contributed by atoms with Crippen molar-refractivity contribution in [2.75, 3.05) is 13.1 Å². The van der Waals surface area contributed by atoms with Gasteiger partial charge >= 0.3 is 0 Å². The molecule has 2 nitrogen and oxygen atoms in total. The van der Waals surface area contributed by atoms with E-state index in [4.69, 9.17) is 0 Å². The predicted molar refractivity (Wildman–Crippen MR) is 60.4 cm³/mol. The van der Waals surface area contributed by atoms with Gasteiger partial charge in [0.25, 0.3) is 0 Å². The molecular formula is C11H18BrNO. The van der Waals surface area contributed by atoms with Gasteiger partial charge < -0.3 is 4.90 Å². The van der Waals surface area contributed by atoms with E-state index in [2.05, 4.69) is 20.8 Å². The molecule has 1 saturated carbocycles. The first-order valence-corrected chi connectivity index (χ1v) is 6.56. The smallest absolute Gasteiger partial charge is 0.236 e. The van der Waals surface area contributed by atoms with E-state index in [1.165, 1.54) is 19.3 Å². The van der Waals surface area contributed by atoms with Crippen molar-refractivity contribution in [1.82, 2.24) is 4.90 Å². The Morgan fingerprint density at radius 1 is 1.43 bits per heavy atom. The fourth-order valence-electron chi connectivity index (χ4n) is 2.79. The number of likely N-dealkylation sites (tertiary alicyclic amines) is 1. The molecule has 0 aromatic heterocycles. The van der Waals surface area contributed by atoms with E-state index in [9.17, 15) is 4.79 Å². The van der Waals surface area contributed by atoms with Gasteiger partial charge in [0, 0.05) is 13.1 Å². The average Bonchev–Trinajstić information content (AvgIpc) is 2.74. The first-order valence-electron chi connectivity index (χ1n) is 5.65. The van der Waals surface area contributed by atoms with Crippen LogP contribution in [0.2, 0.25) is 0 Å². The molecule has 1 aliphatic heterocycles. The quantitative estimate of drug-likeness (QED) is 0.698. The van der Waals surface area contributed by atoms with Crippen molar-refractivity contribution in [3.63, 3.8) is 0 Å². The fourth-order valence-corrected chi connectivity index (χ4v) is 3.08. The summed E-state index contributed by atoms with van der Waals surface area (Å²) in [6.07, 6.45) is 4.95. The first-order chi connectivity index (χ1) is 6.72. The van der Waals surface area contributed by atoms with E-state index in [1.807, 2.05) is 6.92 Å². The second-order valence-electron chi connectivity index (χ2n) is 4.57. The molecule has 1 aliphatic carbocycles. The topological polar surface area (TPSA) is 20.3 Å². The lowest BCUT2D eigenvalue weighted by atomic mass is 10.0. The summed E-state index contributed by atoms with van der Waals surface area (Å²) in [7, 11) is 0. The van der Waals surface area contributed by atoms with Gasteiger partial charge in [0.15, 0.2) is 0 Å². The molecule has 80 valence electrons. The third-order valence-electron chi connectivity index (χ3n) is 3.66. The molecule has 2 fully saturated rings. The van der Waals surface area contributed by atoms with Crippen LogP contribution in [0.5, 0.6) is 0 Å². The van der Waals surface area contributed by atoms with Crippen LogP contribution in [-0.4, -0.2) is 28.7 Å². The molecule has 3 unspecified atom stereocenters. The Morgan fingerprint density at radius 2 is 2.00 bits per heavy atom. The van der Waals surface area contributed by atoms with Crippen molar-refractivity contribution < 1.29 is 4.79 Å². The van der Waals surface area contributed by atoms with E-state index in [-0.39, 0.29) is 4.83 Å². The molecule has 2 aliphatic rings. The molecule has 14 heavy (non-hydrogen) atoms. The molecule has 0 radical (unpaired) electrons. The second kappa shape index (κ2) is 4.21. The zero-order chi connectivity index (χ0) is 10.1. The molecule has 1 heterocycles. The Labute approximate surface area is 94.2 Å². The minimum absolute atomic E-state index is 0.0429. The maximum Gasteiger partial charge on any atom is 0.236 e. The van der Waals surface area contributed by atoms with E-state index in [1.54, 1.807) is 0 Å². The van der Waals surface area contributed by atoms with Crippen molar-refractivity contribution in [3.8, 4) is 0 Å². The van der Waals surface area contributed by atoms with Crippen molar-refractivity contribution in [2.45, 2.75) is 37.4 Å². The molecule has 0 spiro atoms. The van der Waals surface area contributed by atoms with Crippen LogP contribution >= 0.6 is 15.9 Å². The second-order valence-corrected chi connectivity index (χ2v) is 5.68. The van der Waals surface area contributed by atoms with Crippen molar-refractivity contribution >= 4 is 21.8 Å². The van der Waals surface area contributed by atoms with Crippen molar-refractivity contribution in [3.05, 3.63) is 0 Å². The Morgan fingerprint density at radius 3 is 2.50 bits per heavy atom. The van der Waals surface area contributed by atoms with Gasteiger partial charge in [-0.05, 0) is 31.1 Å². The van der Waals surface area contributed by atoms with Gasteiger partial charge in [0.2, 0.25) is 5.91 Å². The SMILES string of the molecule is CCC(Br)C(=O)N1CC2CCCC2C1. The average molecular weight is 260 g/mol. The van der Waals surface area contributed by atoms with E-state index in [0.29, 0.717) is 5.91 Å². The third kappa shape index (κ3) is 1.83. The summed E-state index contributed by atoms with van der Waals surface area (Å²) in [4.78, 5) is 14.0. The Bertz CT molecular complexity index is 219. The number of hydrogen-bond donors (Lipinski definition) is 0. The number of fused-ring (bicyclic) bond motifs is 1. The molecule has 3 atom stereocenters. The lowest BCUT2D eigenvalue weighted by Crippen LogP contribution is -2.35. The van der Waals surface area contributed by atoms with Crippen LogP contribution in [0.4, 0.5) is 0 Å². The zero-order valence-electron chi connectivity index (χ0n) is 8.71. The highest BCUT2D eigenvalue weighted by atomic mass is 79.9. The summed E-state index contributed by atoms with van der Waals surface area (Å²) in [5.74, 6) is 1.94. The summed E-state index contributed by atoms with van der Waals surface area (Å²) in [5.41, 5.74) is 0. The summed E-state index contributed by atoms with van der Waals surface area (Å²) in [6, 6.07) is 0. The maximum absolute atomic E-state index is 11.9. The van der Waals surface area contributed by atoms with E-state index in [0.717, 1.165) is 31.3 Å². The summed E-state index contributed by atoms with van der Waals surface area (Å²) < 4.78 is 0. The summed E-state index contributed by atoms with van der Waals surface area (Å²) >= 11 is 3.44. The van der Waals surface area contributed by atoms with Gasteiger partial charge in [-0.15, -0.1) is 0 Å². The van der Waals surface area contributed by atoms with Gasteiger partial charge in [-0.1, -0.05) is 29.3 Å². The highest BCUT2D eigenvalue weighted by molar-refractivity contribution is 9.10. The van der Waals surface area contributed by atoms with Gasteiger partial charge in [-0.3, -0.25) is 4.79 Å². The Balaban J connectivity index is 1.92. The molecule has 0 N–H and O–H groups in total. The molecule has 0 aromatic rings. The van der Waals surface area contributed by atoms with Gasteiger partial charge in [0.1, 0.15) is 0 Å². The lowest BCUT2D eigenvalue weighted by molar-refractivity contribution is -0.129. The van der Waals surface area contributed by atoms with Crippen LogP contribution < -0.4 is 0 Å². The summed E-state index contributed by atoms with van der Waals surface area (Å²) in [6.45, 7) is 4.09. The minimum Gasteiger partial charge on any atom is -0.341 e. The molecule has 2 rings (SSSR count). The molecule has 3 heteroatoms. The van der Waals surface area contributed by atoms with Crippen LogP contribution in [0.1, 0.15) is 32.6 Å². The lowest BCUT2D eigenvalue weighted by Gasteiger charge is -2.19. The number of alkyl halides is 1. The highest BCUT2D eigenvalue weighted by Crippen LogP contribution is 2.38.